The van der Waals surface area contributed by atoms with Crippen molar-refractivity contribution >= 4 is 0 Å². The zero-order valence-electron chi connectivity index (χ0n) is 10.9. The van der Waals surface area contributed by atoms with Gasteiger partial charge in [-0.1, -0.05) is 0 Å². The summed E-state index contributed by atoms with van der Waals surface area (Å²) >= 11 is 0. The molecule has 98 valence electrons. The Morgan fingerprint density at radius 1 is 1.11 bits per heavy atom. The van der Waals surface area contributed by atoms with Crippen molar-refractivity contribution in [3.63, 3.8) is 0 Å². The van der Waals surface area contributed by atoms with E-state index in [1.54, 1.807) is 6.26 Å². The van der Waals surface area contributed by atoms with Crippen LogP contribution in [0.4, 0.5) is 0 Å². The molecule has 1 aromatic rings. The maximum Gasteiger partial charge on any atom is 0.108 e. The van der Waals surface area contributed by atoms with E-state index in [1.807, 2.05) is 6.07 Å². The first-order chi connectivity index (χ1) is 8.85. The van der Waals surface area contributed by atoms with Gasteiger partial charge in [-0.3, -0.25) is 0 Å². The summed E-state index contributed by atoms with van der Waals surface area (Å²) in [6, 6.07) is 4.14. The van der Waals surface area contributed by atoms with Gasteiger partial charge in [0.2, 0.25) is 0 Å². The van der Waals surface area contributed by atoms with Crippen LogP contribution in [-0.4, -0.2) is 6.54 Å². The van der Waals surface area contributed by atoms with Crippen LogP contribution in [0.2, 0.25) is 0 Å². The monoisotopic (exact) mass is 245 g/mol. The Bertz CT molecular complexity index is 383. The van der Waals surface area contributed by atoms with Crippen molar-refractivity contribution in [2.24, 2.45) is 35.3 Å². The molecule has 1 atom stereocenters. The molecule has 4 fully saturated rings. The molecule has 18 heavy (non-hydrogen) atoms. The zero-order valence-corrected chi connectivity index (χ0v) is 10.9. The molecule has 0 aliphatic heterocycles. The summed E-state index contributed by atoms with van der Waals surface area (Å²) in [6.07, 6.45) is 9.19. The minimum absolute atomic E-state index is 0.468. The highest BCUT2D eigenvalue weighted by atomic mass is 16.3. The molecule has 0 radical (unpaired) electrons. The van der Waals surface area contributed by atoms with Gasteiger partial charge in [0.1, 0.15) is 5.76 Å². The van der Waals surface area contributed by atoms with Gasteiger partial charge in [0.25, 0.3) is 0 Å². The molecule has 0 spiro atoms. The Balaban J connectivity index is 1.64. The lowest BCUT2D eigenvalue weighted by Gasteiger charge is -2.56. The van der Waals surface area contributed by atoms with Crippen LogP contribution in [0.3, 0.4) is 0 Å². The van der Waals surface area contributed by atoms with E-state index >= 15 is 0 Å². The summed E-state index contributed by atoms with van der Waals surface area (Å²) in [5.41, 5.74) is 6.08. The fourth-order valence-electron chi connectivity index (χ4n) is 5.59. The van der Waals surface area contributed by atoms with E-state index < -0.39 is 0 Å². The molecule has 2 heteroatoms. The molecule has 0 amide bonds. The summed E-state index contributed by atoms with van der Waals surface area (Å²) in [4.78, 5) is 0. The predicted molar refractivity (Wildman–Crippen MR) is 71.0 cm³/mol. The van der Waals surface area contributed by atoms with E-state index in [4.69, 9.17) is 10.2 Å². The van der Waals surface area contributed by atoms with Gasteiger partial charge in [-0.05, 0) is 73.8 Å². The van der Waals surface area contributed by atoms with Gasteiger partial charge < -0.3 is 10.2 Å². The molecule has 4 saturated carbocycles. The first-order valence-electron chi connectivity index (χ1n) is 7.58. The van der Waals surface area contributed by atoms with Crippen LogP contribution >= 0.6 is 0 Å². The van der Waals surface area contributed by atoms with Crippen LogP contribution in [0.25, 0.3) is 0 Å². The van der Waals surface area contributed by atoms with Crippen molar-refractivity contribution in [2.45, 2.75) is 38.0 Å². The molecule has 2 nitrogen and oxygen atoms in total. The third kappa shape index (κ3) is 1.58. The Kier molecular flexibility index (Phi) is 2.54. The fourth-order valence-corrected chi connectivity index (χ4v) is 5.59. The fraction of sp³-hybridized carbons (Fsp3) is 0.750. The summed E-state index contributed by atoms with van der Waals surface area (Å²) in [7, 11) is 0. The standard InChI is InChI=1S/C16H23NO/c17-9-14(15-2-1-3-18-15)16-12-5-10-4-11(7-12)8-13(16)6-10/h1-3,10-14,16H,4-9,17H2. The van der Waals surface area contributed by atoms with Crippen LogP contribution in [0.5, 0.6) is 0 Å². The lowest BCUT2D eigenvalue weighted by molar-refractivity contribution is -0.0491. The lowest BCUT2D eigenvalue weighted by atomic mass is 9.49. The third-order valence-corrected chi connectivity index (χ3v) is 5.93. The molecule has 0 saturated heterocycles. The van der Waals surface area contributed by atoms with Gasteiger partial charge in [-0.2, -0.15) is 0 Å². The van der Waals surface area contributed by atoms with Crippen LogP contribution < -0.4 is 5.73 Å². The van der Waals surface area contributed by atoms with Crippen LogP contribution in [0.1, 0.15) is 43.8 Å². The highest BCUT2D eigenvalue weighted by Crippen LogP contribution is 2.59. The largest absolute Gasteiger partial charge is 0.469 e. The number of nitrogens with two attached hydrogens (primary N) is 1. The summed E-state index contributed by atoms with van der Waals surface area (Å²) in [5.74, 6) is 6.34. The van der Waals surface area contributed by atoms with Crippen LogP contribution in [-0.2, 0) is 0 Å². The van der Waals surface area contributed by atoms with Crippen molar-refractivity contribution in [1.82, 2.24) is 0 Å². The highest BCUT2D eigenvalue weighted by Gasteiger charge is 2.50. The summed E-state index contributed by atoms with van der Waals surface area (Å²) < 4.78 is 5.66. The molecule has 2 N–H and O–H groups in total. The minimum Gasteiger partial charge on any atom is -0.469 e. The number of hydrogen-bond acceptors (Lipinski definition) is 2. The van der Waals surface area contributed by atoms with E-state index in [-0.39, 0.29) is 0 Å². The molecule has 4 aliphatic carbocycles. The maximum absolute atomic E-state index is 6.08. The van der Waals surface area contributed by atoms with E-state index in [0.29, 0.717) is 5.92 Å². The average molecular weight is 245 g/mol. The van der Waals surface area contributed by atoms with Gasteiger partial charge in [0, 0.05) is 12.5 Å². The predicted octanol–water partition coefficient (Wildman–Crippen LogP) is 3.39. The smallest absolute Gasteiger partial charge is 0.108 e. The topological polar surface area (TPSA) is 39.2 Å². The second-order valence-electron chi connectivity index (χ2n) is 6.87. The summed E-state index contributed by atoms with van der Waals surface area (Å²) in [5, 5.41) is 0. The quantitative estimate of drug-likeness (QED) is 0.886. The normalized spacial score (nSPS) is 43.3. The van der Waals surface area contributed by atoms with E-state index in [9.17, 15) is 0 Å². The molecule has 4 bridgehead atoms. The number of furan rings is 1. The Hall–Kier alpha value is -0.760. The third-order valence-electron chi connectivity index (χ3n) is 5.93. The number of hydrogen-bond donors (Lipinski definition) is 1. The van der Waals surface area contributed by atoms with Gasteiger partial charge in [-0.25, -0.2) is 0 Å². The van der Waals surface area contributed by atoms with Crippen LogP contribution in [0.15, 0.2) is 22.8 Å². The van der Waals surface area contributed by atoms with E-state index in [2.05, 4.69) is 6.07 Å². The molecule has 4 aliphatic rings. The second kappa shape index (κ2) is 4.12. The van der Waals surface area contributed by atoms with E-state index in [0.717, 1.165) is 41.9 Å². The van der Waals surface area contributed by atoms with Crippen molar-refractivity contribution in [2.75, 3.05) is 6.54 Å². The first-order valence-corrected chi connectivity index (χ1v) is 7.58. The van der Waals surface area contributed by atoms with Crippen molar-refractivity contribution in [1.29, 1.82) is 0 Å². The van der Waals surface area contributed by atoms with Crippen molar-refractivity contribution < 1.29 is 4.42 Å². The van der Waals surface area contributed by atoms with Gasteiger partial charge >= 0.3 is 0 Å². The molecule has 1 unspecified atom stereocenters. The lowest BCUT2D eigenvalue weighted by Crippen LogP contribution is -2.48. The first kappa shape index (κ1) is 11.1. The molecule has 1 heterocycles. The molecular weight excluding hydrogens is 222 g/mol. The SMILES string of the molecule is NCC(c1ccco1)C1C2CC3CC(C2)CC1C3. The maximum atomic E-state index is 6.08. The van der Waals surface area contributed by atoms with Crippen molar-refractivity contribution in [3.05, 3.63) is 24.2 Å². The Labute approximate surface area is 109 Å². The van der Waals surface area contributed by atoms with Gasteiger partial charge in [0.15, 0.2) is 0 Å². The zero-order chi connectivity index (χ0) is 12.1. The van der Waals surface area contributed by atoms with Crippen LogP contribution in [0, 0.1) is 29.6 Å². The van der Waals surface area contributed by atoms with E-state index in [1.165, 1.54) is 32.1 Å². The molecule has 5 rings (SSSR count). The minimum atomic E-state index is 0.468. The van der Waals surface area contributed by atoms with Gasteiger partial charge in [0.05, 0.1) is 6.26 Å². The average Bonchev–Trinajstić information content (AvgIpc) is 2.86. The van der Waals surface area contributed by atoms with Gasteiger partial charge in [-0.15, -0.1) is 0 Å². The Morgan fingerprint density at radius 3 is 2.28 bits per heavy atom. The highest BCUT2D eigenvalue weighted by molar-refractivity contribution is 5.12. The summed E-state index contributed by atoms with van der Waals surface area (Å²) in [6.45, 7) is 0.751. The molecular formula is C16H23NO. The molecule has 0 aromatic carbocycles. The van der Waals surface area contributed by atoms with Crippen molar-refractivity contribution in [3.8, 4) is 0 Å². The molecule has 1 aromatic heterocycles. The Morgan fingerprint density at radius 2 is 1.78 bits per heavy atom. The second-order valence-corrected chi connectivity index (χ2v) is 6.87. The number of rotatable bonds is 3.